The van der Waals surface area contributed by atoms with Gasteiger partial charge >= 0.3 is 0 Å². The van der Waals surface area contributed by atoms with Crippen molar-refractivity contribution in [1.29, 1.82) is 0 Å². The maximum Gasteiger partial charge on any atom is -0.0200 e. The number of hydrogen-bond acceptors (Lipinski definition) is 0. The lowest BCUT2D eigenvalue weighted by atomic mass is 9.64. The van der Waals surface area contributed by atoms with Gasteiger partial charge < -0.3 is 0 Å². The summed E-state index contributed by atoms with van der Waals surface area (Å²) in [6.45, 7) is 27.9. The van der Waals surface area contributed by atoms with Crippen molar-refractivity contribution in [2.75, 3.05) is 0 Å². The van der Waals surface area contributed by atoms with E-state index >= 15 is 0 Å². The third-order valence-corrected chi connectivity index (χ3v) is 19.3. The molecule has 0 bridgehead atoms. The van der Waals surface area contributed by atoms with E-state index in [-0.39, 0.29) is 0 Å². The standard InChI is InChI=1S/C81H152/c1-9-16-22-28-33-37-41-45-49-53-59-64-70-77(15-7)79(72-66-60-54-50-46-42-38-34-29-23-17-10-2)81(74-68-62-56-52-48-44-40-36-31-25-19-12-4)80(73-67-61-55-51-47-43-39-35-30-24-18-11-3)78(71-65-57-27-21-14-6)75-76(8)69-63-58-32-26-20-13-5/h9-12,15,75,77-81H,1-4,7,13-14,16-74H2,5-6,8H3. The fourth-order valence-electron chi connectivity index (χ4n) is 14.1. The summed E-state index contributed by atoms with van der Waals surface area (Å²) in [5.74, 6) is 3.80. The van der Waals surface area contributed by atoms with E-state index in [2.05, 4.69) is 83.5 Å². The molecule has 0 heterocycles. The van der Waals surface area contributed by atoms with Crippen LogP contribution in [0.2, 0.25) is 0 Å². The Balaban J connectivity index is 6.87. The van der Waals surface area contributed by atoms with Crippen LogP contribution in [0.1, 0.15) is 412 Å². The first-order valence-corrected chi connectivity index (χ1v) is 37.8. The van der Waals surface area contributed by atoms with Crippen LogP contribution in [0.5, 0.6) is 0 Å². The molecule has 0 heteroatoms. The normalized spacial score (nSPS) is 13.7. The van der Waals surface area contributed by atoms with E-state index < -0.39 is 0 Å². The van der Waals surface area contributed by atoms with Crippen LogP contribution in [0.15, 0.2) is 74.9 Å². The first-order chi connectivity index (χ1) is 40.0. The minimum atomic E-state index is 0.663. The minimum absolute atomic E-state index is 0.663. The van der Waals surface area contributed by atoms with E-state index in [0.717, 1.165) is 23.7 Å². The smallest absolute Gasteiger partial charge is 0.0200 e. The molecule has 0 aliphatic heterocycles. The van der Waals surface area contributed by atoms with Gasteiger partial charge in [-0.3, -0.25) is 0 Å². The molecule has 0 aliphatic rings. The summed E-state index contributed by atoms with van der Waals surface area (Å²) in [5, 5.41) is 0. The van der Waals surface area contributed by atoms with E-state index in [4.69, 9.17) is 6.58 Å². The molecule has 0 spiro atoms. The zero-order chi connectivity index (χ0) is 58.8. The van der Waals surface area contributed by atoms with E-state index in [1.807, 2.05) is 0 Å². The molecule has 0 amide bonds. The van der Waals surface area contributed by atoms with Crippen molar-refractivity contribution < 1.29 is 0 Å². The second-order valence-corrected chi connectivity index (χ2v) is 26.9. The zero-order valence-electron chi connectivity index (χ0n) is 56.5. The van der Waals surface area contributed by atoms with Gasteiger partial charge in [-0.1, -0.05) is 351 Å². The first-order valence-electron chi connectivity index (χ1n) is 37.8. The summed E-state index contributed by atoms with van der Waals surface area (Å²) < 4.78 is 0. The number of hydrogen-bond donors (Lipinski definition) is 0. The average Bonchev–Trinajstić information content (AvgIpc) is 3.51. The van der Waals surface area contributed by atoms with Crippen LogP contribution in [-0.2, 0) is 0 Å². The van der Waals surface area contributed by atoms with Crippen LogP contribution in [0, 0.1) is 29.6 Å². The maximum absolute atomic E-state index is 4.81. The summed E-state index contributed by atoms with van der Waals surface area (Å²) in [5.41, 5.74) is 1.74. The number of allylic oxidation sites excluding steroid dienone is 7. The predicted molar refractivity (Wildman–Crippen MR) is 375 cm³/mol. The summed E-state index contributed by atoms with van der Waals surface area (Å²) in [6, 6.07) is 0. The predicted octanol–water partition coefficient (Wildman–Crippen LogP) is 29.8. The van der Waals surface area contributed by atoms with Crippen molar-refractivity contribution >= 4 is 0 Å². The molecule has 0 saturated carbocycles. The molecule has 81 heavy (non-hydrogen) atoms. The minimum Gasteiger partial charge on any atom is -0.103 e. The molecule has 0 aliphatic carbocycles. The van der Waals surface area contributed by atoms with Gasteiger partial charge in [0.1, 0.15) is 0 Å². The Morgan fingerprint density at radius 3 is 0.753 bits per heavy atom. The Morgan fingerprint density at radius 2 is 0.469 bits per heavy atom. The molecule has 0 aromatic carbocycles. The van der Waals surface area contributed by atoms with Crippen LogP contribution >= 0.6 is 0 Å². The maximum atomic E-state index is 4.81. The van der Waals surface area contributed by atoms with Crippen molar-refractivity contribution in [3.8, 4) is 0 Å². The number of rotatable bonds is 71. The average molecular weight is 1130 g/mol. The van der Waals surface area contributed by atoms with Crippen LogP contribution in [0.4, 0.5) is 0 Å². The fraction of sp³-hybridized carbons (Fsp3) is 0.852. The van der Waals surface area contributed by atoms with E-state index in [0.29, 0.717) is 5.92 Å². The largest absolute Gasteiger partial charge is 0.103 e. The SMILES string of the molecule is C=CCCCCCCCCCCCCC(C=C)C(CCCCCCCCCCCCC=C)C(CCCCCCCCCCCCC=C)C(CCCCCCCCCCCCC=C)C(C=C(C)CCCCCCCC)CCCCCCC. The molecule has 5 atom stereocenters. The van der Waals surface area contributed by atoms with Crippen LogP contribution in [0.3, 0.4) is 0 Å². The van der Waals surface area contributed by atoms with Gasteiger partial charge in [-0.25, -0.2) is 0 Å². The summed E-state index contributed by atoms with van der Waals surface area (Å²) in [4.78, 5) is 0. The fourth-order valence-corrected chi connectivity index (χ4v) is 14.1. The highest BCUT2D eigenvalue weighted by atomic mass is 14.4. The highest BCUT2D eigenvalue weighted by Gasteiger charge is 2.36. The van der Waals surface area contributed by atoms with Crippen molar-refractivity contribution in [3.63, 3.8) is 0 Å². The Bertz CT molecular complexity index is 1300. The van der Waals surface area contributed by atoms with Crippen LogP contribution in [-0.4, -0.2) is 0 Å². The lowest BCUT2D eigenvalue weighted by Gasteiger charge is -2.41. The summed E-state index contributed by atoms with van der Waals surface area (Å²) >= 11 is 0. The monoisotopic (exact) mass is 1130 g/mol. The molecular formula is C81H152. The molecule has 476 valence electrons. The van der Waals surface area contributed by atoms with Crippen molar-refractivity contribution in [1.82, 2.24) is 0 Å². The topological polar surface area (TPSA) is 0 Å². The molecular weight excluding hydrogens is 973 g/mol. The van der Waals surface area contributed by atoms with Gasteiger partial charge in [-0.05, 0) is 133 Å². The van der Waals surface area contributed by atoms with Gasteiger partial charge in [-0.2, -0.15) is 0 Å². The van der Waals surface area contributed by atoms with Gasteiger partial charge in [-0.15, -0.1) is 32.9 Å². The van der Waals surface area contributed by atoms with Crippen LogP contribution < -0.4 is 0 Å². The molecule has 0 rings (SSSR count). The highest BCUT2D eigenvalue weighted by molar-refractivity contribution is 5.05. The Kier molecular flexibility index (Phi) is 66.3. The lowest BCUT2D eigenvalue weighted by molar-refractivity contribution is 0.106. The van der Waals surface area contributed by atoms with Crippen LogP contribution in [0.25, 0.3) is 0 Å². The summed E-state index contributed by atoms with van der Waals surface area (Å²) in [7, 11) is 0. The van der Waals surface area contributed by atoms with Gasteiger partial charge in [0.05, 0.1) is 0 Å². The molecule has 0 aromatic rings. The molecule has 0 aromatic heterocycles. The number of unbranched alkanes of at least 4 members (excludes halogenated alkanes) is 49. The van der Waals surface area contributed by atoms with Gasteiger partial charge in [0.2, 0.25) is 0 Å². The Morgan fingerprint density at radius 1 is 0.247 bits per heavy atom. The van der Waals surface area contributed by atoms with Crippen molar-refractivity contribution in [3.05, 3.63) is 74.9 Å². The molecule has 5 unspecified atom stereocenters. The van der Waals surface area contributed by atoms with E-state index in [1.54, 1.807) is 5.57 Å². The van der Waals surface area contributed by atoms with Gasteiger partial charge in [0.25, 0.3) is 0 Å². The first kappa shape index (κ1) is 79.4. The third kappa shape index (κ3) is 54.8. The van der Waals surface area contributed by atoms with Crippen molar-refractivity contribution in [2.45, 2.75) is 412 Å². The second kappa shape index (κ2) is 67.6. The van der Waals surface area contributed by atoms with Gasteiger partial charge in [0, 0.05) is 0 Å². The zero-order valence-corrected chi connectivity index (χ0v) is 56.5. The molecule has 0 N–H and O–H groups in total. The molecule has 0 radical (unpaired) electrons. The van der Waals surface area contributed by atoms with Crippen molar-refractivity contribution in [2.24, 2.45) is 29.6 Å². The van der Waals surface area contributed by atoms with E-state index in [1.165, 1.54) is 392 Å². The highest BCUT2D eigenvalue weighted by Crippen LogP contribution is 2.45. The Hall–Kier alpha value is -1.56. The summed E-state index contributed by atoms with van der Waals surface area (Å²) in [6.07, 6.45) is 99.4. The Labute approximate surface area is 514 Å². The quantitative estimate of drug-likeness (QED) is 0.0421. The molecule has 0 nitrogen and oxygen atoms in total. The van der Waals surface area contributed by atoms with Gasteiger partial charge in [0.15, 0.2) is 0 Å². The lowest BCUT2D eigenvalue weighted by Crippen LogP contribution is -2.33. The molecule has 0 fully saturated rings. The van der Waals surface area contributed by atoms with E-state index in [9.17, 15) is 0 Å². The second-order valence-electron chi connectivity index (χ2n) is 26.9. The molecule has 0 saturated heterocycles. The third-order valence-electron chi connectivity index (χ3n) is 19.3.